The maximum Gasteiger partial charge on any atom is 0.270 e. The highest BCUT2D eigenvalue weighted by Gasteiger charge is 2.61. The van der Waals surface area contributed by atoms with E-state index in [9.17, 15) is 14.4 Å². The number of hydrogen-bond donors (Lipinski definition) is 1. The van der Waals surface area contributed by atoms with E-state index in [0.717, 1.165) is 28.1 Å². The number of rotatable bonds is 4. The lowest BCUT2D eigenvalue weighted by Crippen LogP contribution is -2.49. The van der Waals surface area contributed by atoms with E-state index in [1.165, 1.54) is 13.8 Å². The van der Waals surface area contributed by atoms with Gasteiger partial charge >= 0.3 is 0 Å². The zero-order valence-corrected chi connectivity index (χ0v) is 19.3. The van der Waals surface area contributed by atoms with Crippen LogP contribution < -0.4 is 15.0 Å². The Kier molecular flexibility index (Phi) is 5.87. The molecular formula is C22H21ClN4O4S. The first-order chi connectivity index (χ1) is 15.2. The molecule has 10 heteroatoms. The summed E-state index contributed by atoms with van der Waals surface area (Å²) in [6.07, 6.45) is 0. The van der Waals surface area contributed by atoms with E-state index in [2.05, 4.69) is 10.4 Å². The van der Waals surface area contributed by atoms with Crippen molar-refractivity contribution in [2.24, 2.45) is 5.10 Å². The first kappa shape index (κ1) is 22.2. The third-order valence-electron chi connectivity index (χ3n) is 5.13. The molecule has 0 saturated carbocycles. The number of amides is 3. The van der Waals surface area contributed by atoms with Crippen molar-refractivity contribution in [3.05, 3.63) is 58.6 Å². The summed E-state index contributed by atoms with van der Waals surface area (Å²) < 4.78 is 5.89. The average Bonchev–Trinajstić information content (AvgIpc) is 3.21. The Bertz CT molecular complexity index is 1150. The van der Waals surface area contributed by atoms with Crippen LogP contribution in [0.5, 0.6) is 5.75 Å². The molecule has 8 nitrogen and oxygen atoms in total. The van der Waals surface area contributed by atoms with Crippen LogP contribution in [0, 0.1) is 6.92 Å². The van der Waals surface area contributed by atoms with E-state index in [1.807, 2.05) is 31.2 Å². The van der Waals surface area contributed by atoms with Gasteiger partial charge in [-0.05, 0) is 48.5 Å². The van der Waals surface area contributed by atoms with Gasteiger partial charge in [0.1, 0.15) is 12.4 Å². The van der Waals surface area contributed by atoms with Gasteiger partial charge < -0.3 is 15.0 Å². The molecule has 2 aliphatic heterocycles. The van der Waals surface area contributed by atoms with E-state index >= 15 is 0 Å². The topological polar surface area (TPSA) is 91.3 Å². The van der Waals surface area contributed by atoms with E-state index < -0.39 is 10.8 Å². The van der Waals surface area contributed by atoms with Gasteiger partial charge in [0, 0.05) is 24.4 Å². The van der Waals surface area contributed by atoms with Gasteiger partial charge in [0.2, 0.25) is 16.7 Å². The third-order valence-corrected chi connectivity index (χ3v) is 6.61. The summed E-state index contributed by atoms with van der Waals surface area (Å²) in [6, 6.07) is 12.7. The van der Waals surface area contributed by atoms with Crippen LogP contribution >= 0.6 is 23.4 Å². The summed E-state index contributed by atoms with van der Waals surface area (Å²) in [5, 5.41) is 8.51. The fraction of sp³-hybridized carbons (Fsp3) is 0.273. The number of fused-ring (bicyclic) bond motifs is 2. The Morgan fingerprint density at radius 2 is 1.97 bits per heavy atom. The van der Waals surface area contributed by atoms with Crippen molar-refractivity contribution >= 4 is 51.9 Å². The van der Waals surface area contributed by atoms with Crippen LogP contribution in [0.2, 0.25) is 5.02 Å². The number of halogens is 1. The quantitative estimate of drug-likeness (QED) is 0.737. The zero-order chi connectivity index (χ0) is 23.0. The molecule has 2 aromatic rings. The second kappa shape index (κ2) is 8.48. The highest BCUT2D eigenvalue weighted by molar-refractivity contribution is 8.15. The minimum Gasteiger partial charge on any atom is -0.491 e. The Morgan fingerprint density at radius 3 is 2.66 bits per heavy atom. The van der Waals surface area contributed by atoms with Crippen LogP contribution in [0.25, 0.3) is 0 Å². The van der Waals surface area contributed by atoms with Gasteiger partial charge in [-0.15, -0.1) is 5.10 Å². The molecule has 0 fully saturated rings. The molecule has 2 heterocycles. The third kappa shape index (κ3) is 3.71. The van der Waals surface area contributed by atoms with Crippen molar-refractivity contribution in [1.29, 1.82) is 0 Å². The van der Waals surface area contributed by atoms with Crippen LogP contribution in [-0.4, -0.2) is 41.0 Å². The van der Waals surface area contributed by atoms with E-state index in [-0.39, 0.29) is 30.1 Å². The molecule has 1 unspecified atom stereocenters. The number of anilines is 1. The molecule has 0 bridgehead atoms. The predicted octanol–water partition coefficient (Wildman–Crippen LogP) is 3.23. The van der Waals surface area contributed by atoms with Gasteiger partial charge in [-0.3, -0.25) is 14.4 Å². The number of ether oxygens (including phenoxy) is 1. The van der Waals surface area contributed by atoms with Gasteiger partial charge in [0.15, 0.2) is 5.17 Å². The van der Waals surface area contributed by atoms with Crippen molar-refractivity contribution in [2.45, 2.75) is 25.6 Å². The standard InChI is InChI=1S/C22H21ClN4O4S/c1-13-6-4-5-7-19(13)31-11-10-26-18-9-8-16(23)12-17(18)22(20(26)30)27(15(3)29)25-21(32-22)24-14(2)28/h4-9,12H,10-11H2,1-3H3,(H,24,25,28). The largest absolute Gasteiger partial charge is 0.491 e. The van der Waals surface area contributed by atoms with Crippen LogP contribution in [0.15, 0.2) is 47.6 Å². The monoisotopic (exact) mass is 472 g/mol. The molecule has 2 aliphatic rings. The molecule has 1 atom stereocenters. The number of benzene rings is 2. The first-order valence-electron chi connectivity index (χ1n) is 9.90. The second-order valence-corrected chi connectivity index (χ2v) is 9.01. The molecule has 1 N–H and O–H groups in total. The number of carbonyl (C=O) groups excluding carboxylic acids is 3. The Hall–Kier alpha value is -3.04. The lowest BCUT2D eigenvalue weighted by molar-refractivity contribution is -0.139. The van der Waals surface area contributed by atoms with E-state index in [4.69, 9.17) is 16.3 Å². The van der Waals surface area contributed by atoms with Crippen LogP contribution in [0.4, 0.5) is 5.69 Å². The highest BCUT2D eigenvalue weighted by Crippen LogP contribution is 2.54. The van der Waals surface area contributed by atoms with Gasteiger partial charge in [-0.25, -0.2) is 0 Å². The molecule has 1 spiro atoms. The molecule has 32 heavy (non-hydrogen) atoms. The van der Waals surface area contributed by atoms with Gasteiger partial charge in [-0.2, -0.15) is 5.01 Å². The molecule has 2 aromatic carbocycles. The molecule has 3 amide bonds. The first-order valence-corrected chi connectivity index (χ1v) is 11.1. The smallest absolute Gasteiger partial charge is 0.270 e. The number of carbonyl (C=O) groups is 3. The maximum atomic E-state index is 13.8. The van der Waals surface area contributed by atoms with Gasteiger partial charge in [0.05, 0.1) is 12.2 Å². The summed E-state index contributed by atoms with van der Waals surface area (Å²) in [4.78, 5) is 37.9. The summed E-state index contributed by atoms with van der Waals surface area (Å²) in [7, 11) is 0. The zero-order valence-electron chi connectivity index (χ0n) is 17.7. The number of nitrogens with one attached hydrogen (secondary N) is 1. The summed E-state index contributed by atoms with van der Waals surface area (Å²) >= 11 is 7.27. The lowest BCUT2D eigenvalue weighted by atomic mass is 10.1. The van der Waals surface area contributed by atoms with E-state index in [1.54, 1.807) is 23.1 Å². The fourth-order valence-electron chi connectivity index (χ4n) is 3.77. The lowest BCUT2D eigenvalue weighted by Gasteiger charge is -2.29. The number of amidine groups is 1. The normalized spacial score (nSPS) is 19.2. The number of nitrogens with zero attached hydrogens (tertiary/aromatic N) is 3. The second-order valence-electron chi connectivity index (χ2n) is 7.40. The Labute approximate surface area is 194 Å². The van der Waals surface area contributed by atoms with E-state index in [0.29, 0.717) is 16.3 Å². The van der Waals surface area contributed by atoms with Crippen LogP contribution in [-0.2, 0) is 19.3 Å². The molecule has 166 valence electrons. The van der Waals surface area contributed by atoms with Gasteiger partial charge in [-0.1, -0.05) is 29.8 Å². The summed E-state index contributed by atoms with van der Waals surface area (Å²) in [6.45, 7) is 5.11. The Balaban J connectivity index is 1.67. The number of hydrogen-bond acceptors (Lipinski definition) is 6. The fourth-order valence-corrected chi connectivity index (χ4v) is 5.27. The number of para-hydroxylation sites is 1. The maximum absolute atomic E-state index is 13.8. The summed E-state index contributed by atoms with van der Waals surface area (Å²) in [5.41, 5.74) is 2.15. The number of hydrazone groups is 1. The highest BCUT2D eigenvalue weighted by atomic mass is 35.5. The SMILES string of the molecule is CC(=O)NC1=NN(C(C)=O)C2(S1)C(=O)N(CCOc1ccccc1C)c1ccc(Cl)cc12. The molecular weight excluding hydrogens is 452 g/mol. The molecule has 0 aromatic heterocycles. The minimum absolute atomic E-state index is 0.171. The van der Waals surface area contributed by atoms with Crippen molar-refractivity contribution in [3.63, 3.8) is 0 Å². The van der Waals surface area contributed by atoms with Crippen LogP contribution in [0.3, 0.4) is 0 Å². The predicted molar refractivity (Wildman–Crippen MR) is 124 cm³/mol. The summed E-state index contributed by atoms with van der Waals surface area (Å²) in [5.74, 6) is -0.401. The number of thioether (sulfide) groups is 1. The molecule has 0 radical (unpaired) electrons. The van der Waals surface area contributed by atoms with Crippen molar-refractivity contribution < 1.29 is 19.1 Å². The van der Waals surface area contributed by atoms with Crippen molar-refractivity contribution in [1.82, 2.24) is 10.3 Å². The number of aryl methyl sites for hydroxylation is 1. The molecule has 4 rings (SSSR count). The minimum atomic E-state index is -1.48. The average molecular weight is 473 g/mol. The Morgan fingerprint density at radius 1 is 1.22 bits per heavy atom. The molecule has 0 saturated heterocycles. The van der Waals surface area contributed by atoms with Crippen molar-refractivity contribution in [2.75, 3.05) is 18.1 Å². The van der Waals surface area contributed by atoms with Gasteiger partial charge in [0.25, 0.3) is 5.91 Å². The van der Waals surface area contributed by atoms with Crippen LogP contribution in [0.1, 0.15) is 25.0 Å². The van der Waals surface area contributed by atoms with Crippen molar-refractivity contribution in [3.8, 4) is 5.75 Å². The molecule has 0 aliphatic carbocycles.